The SMILES string of the molecule is CCCCCCCn1cc(CNCCC)c(C)n1. The van der Waals surface area contributed by atoms with Crippen LogP contribution in [0.2, 0.25) is 0 Å². The highest BCUT2D eigenvalue weighted by molar-refractivity contribution is 5.14. The molecule has 1 aromatic heterocycles. The van der Waals surface area contributed by atoms with Gasteiger partial charge in [-0.05, 0) is 26.3 Å². The van der Waals surface area contributed by atoms with E-state index in [2.05, 4.69) is 42.1 Å². The molecule has 1 heterocycles. The first-order chi connectivity index (χ1) is 8.77. The Labute approximate surface area is 112 Å². The molecule has 0 aliphatic carbocycles. The predicted molar refractivity (Wildman–Crippen MR) is 77.7 cm³/mol. The first kappa shape index (κ1) is 15.2. The number of aromatic nitrogens is 2. The molecule has 104 valence electrons. The van der Waals surface area contributed by atoms with Crippen molar-refractivity contribution >= 4 is 0 Å². The predicted octanol–water partition coefficient (Wildman–Crippen LogP) is 3.66. The topological polar surface area (TPSA) is 29.9 Å². The van der Waals surface area contributed by atoms with Crippen LogP contribution in [0.15, 0.2) is 6.20 Å². The monoisotopic (exact) mass is 251 g/mol. The van der Waals surface area contributed by atoms with Crippen LogP contribution < -0.4 is 5.32 Å². The van der Waals surface area contributed by atoms with Gasteiger partial charge in [0.05, 0.1) is 5.69 Å². The minimum Gasteiger partial charge on any atom is -0.313 e. The van der Waals surface area contributed by atoms with E-state index in [1.165, 1.54) is 49.8 Å². The molecule has 0 bridgehead atoms. The molecule has 0 amide bonds. The van der Waals surface area contributed by atoms with Gasteiger partial charge in [0.25, 0.3) is 0 Å². The molecule has 0 saturated heterocycles. The van der Waals surface area contributed by atoms with Crippen molar-refractivity contribution in [1.82, 2.24) is 15.1 Å². The van der Waals surface area contributed by atoms with Gasteiger partial charge in [0.2, 0.25) is 0 Å². The van der Waals surface area contributed by atoms with Crippen LogP contribution in [-0.4, -0.2) is 16.3 Å². The summed E-state index contributed by atoms with van der Waals surface area (Å²) >= 11 is 0. The van der Waals surface area contributed by atoms with Gasteiger partial charge in [-0.3, -0.25) is 4.68 Å². The Hall–Kier alpha value is -0.830. The van der Waals surface area contributed by atoms with Gasteiger partial charge in [-0.2, -0.15) is 5.10 Å². The van der Waals surface area contributed by atoms with Crippen LogP contribution in [0, 0.1) is 6.92 Å². The molecule has 1 rings (SSSR count). The fourth-order valence-corrected chi connectivity index (χ4v) is 2.12. The molecule has 1 N–H and O–H groups in total. The van der Waals surface area contributed by atoms with Gasteiger partial charge in [-0.15, -0.1) is 0 Å². The highest BCUT2D eigenvalue weighted by Crippen LogP contribution is 2.08. The molecule has 0 saturated carbocycles. The van der Waals surface area contributed by atoms with Crippen LogP contribution in [0.25, 0.3) is 0 Å². The fourth-order valence-electron chi connectivity index (χ4n) is 2.12. The molecule has 3 heteroatoms. The van der Waals surface area contributed by atoms with Crippen molar-refractivity contribution in [2.45, 2.75) is 72.4 Å². The van der Waals surface area contributed by atoms with Crippen molar-refractivity contribution in [2.75, 3.05) is 6.54 Å². The highest BCUT2D eigenvalue weighted by atomic mass is 15.3. The smallest absolute Gasteiger partial charge is 0.0638 e. The highest BCUT2D eigenvalue weighted by Gasteiger charge is 2.03. The van der Waals surface area contributed by atoms with Gasteiger partial charge in [0, 0.05) is 24.8 Å². The molecule has 0 spiro atoms. The second kappa shape index (κ2) is 9.15. The Morgan fingerprint density at radius 3 is 2.61 bits per heavy atom. The summed E-state index contributed by atoms with van der Waals surface area (Å²) in [4.78, 5) is 0. The number of rotatable bonds is 10. The summed E-state index contributed by atoms with van der Waals surface area (Å²) < 4.78 is 2.12. The van der Waals surface area contributed by atoms with E-state index in [0.29, 0.717) is 0 Å². The van der Waals surface area contributed by atoms with Gasteiger partial charge in [-0.1, -0.05) is 39.5 Å². The van der Waals surface area contributed by atoms with Crippen LogP contribution in [0.5, 0.6) is 0 Å². The second-order valence-corrected chi connectivity index (χ2v) is 5.09. The molecule has 0 aromatic carbocycles. The summed E-state index contributed by atoms with van der Waals surface area (Å²) in [6.07, 6.45) is 10.0. The molecule has 0 atom stereocenters. The zero-order chi connectivity index (χ0) is 13.2. The van der Waals surface area contributed by atoms with Crippen LogP contribution >= 0.6 is 0 Å². The largest absolute Gasteiger partial charge is 0.313 e. The molecule has 1 aromatic rings. The standard InChI is InChI=1S/C15H29N3/c1-4-6-7-8-9-11-18-13-15(14(3)17-18)12-16-10-5-2/h13,16H,4-12H2,1-3H3. The quantitative estimate of drug-likeness (QED) is 0.643. The Bertz CT molecular complexity index is 318. The second-order valence-electron chi connectivity index (χ2n) is 5.09. The van der Waals surface area contributed by atoms with Gasteiger partial charge >= 0.3 is 0 Å². The average Bonchev–Trinajstić information content (AvgIpc) is 2.70. The number of unbranched alkanes of at least 4 members (excludes halogenated alkanes) is 4. The first-order valence-corrected chi connectivity index (χ1v) is 7.51. The van der Waals surface area contributed by atoms with E-state index in [4.69, 9.17) is 0 Å². The molecule has 0 aliphatic heterocycles. The first-order valence-electron chi connectivity index (χ1n) is 7.51. The molecule has 0 aliphatic rings. The summed E-state index contributed by atoms with van der Waals surface area (Å²) in [6, 6.07) is 0. The zero-order valence-electron chi connectivity index (χ0n) is 12.3. The maximum Gasteiger partial charge on any atom is 0.0638 e. The third-order valence-corrected chi connectivity index (χ3v) is 3.28. The fraction of sp³-hybridized carbons (Fsp3) is 0.800. The molecule has 3 nitrogen and oxygen atoms in total. The normalized spacial score (nSPS) is 11.1. The minimum atomic E-state index is 0.954. The molecule has 0 fully saturated rings. The minimum absolute atomic E-state index is 0.954. The number of aryl methyl sites for hydroxylation is 2. The molecular formula is C15H29N3. The van der Waals surface area contributed by atoms with E-state index in [1.54, 1.807) is 0 Å². The van der Waals surface area contributed by atoms with Crippen molar-refractivity contribution in [3.8, 4) is 0 Å². The van der Waals surface area contributed by atoms with Crippen molar-refractivity contribution in [1.29, 1.82) is 0 Å². The van der Waals surface area contributed by atoms with Gasteiger partial charge in [0.1, 0.15) is 0 Å². The van der Waals surface area contributed by atoms with E-state index in [0.717, 1.165) is 19.6 Å². The Balaban J connectivity index is 2.27. The maximum absolute atomic E-state index is 4.58. The number of nitrogens with zero attached hydrogens (tertiary/aromatic N) is 2. The summed E-state index contributed by atoms with van der Waals surface area (Å²) in [5.41, 5.74) is 2.52. The van der Waals surface area contributed by atoms with Crippen LogP contribution in [0.4, 0.5) is 0 Å². The Morgan fingerprint density at radius 1 is 1.11 bits per heavy atom. The van der Waals surface area contributed by atoms with E-state index >= 15 is 0 Å². The summed E-state index contributed by atoms with van der Waals surface area (Å²) in [5, 5.41) is 8.02. The number of hydrogen-bond donors (Lipinski definition) is 1. The lowest BCUT2D eigenvalue weighted by Crippen LogP contribution is -2.13. The third-order valence-electron chi connectivity index (χ3n) is 3.28. The third kappa shape index (κ3) is 5.67. The summed E-state index contributed by atoms with van der Waals surface area (Å²) in [6.45, 7) is 9.66. The Kier molecular flexibility index (Phi) is 7.74. The lowest BCUT2D eigenvalue weighted by molar-refractivity contribution is 0.531. The molecule has 0 radical (unpaired) electrons. The van der Waals surface area contributed by atoms with E-state index in [-0.39, 0.29) is 0 Å². The van der Waals surface area contributed by atoms with Gasteiger partial charge in [-0.25, -0.2) is 0 Å². The van der Waals surface area contributed by atoms with Crippen LogP contribution in [0.3, 0.4) is 0 Å². The lowest BCUT2D eigenvalue weighted by atomic mass is 10.1. The molecule has 18 heavy (non-hydrogen) atoms. The zero-order valence-corrected chi connectivity index (χ0v) is 12.3. The van der Waals surface area contributed by atoms with Gasteiger partial charge in [0.15, 0.2) is 0 Å². The summed E-state index contributed by atoms with van der Waals surface area (Å²) in [7, 11) is 0. The van der Waals surface area contributed by atoms with Crippen molar-refractivity contribution in [3.05, 3.63) is 17.5 Å². The van der Waals surface area contributed by atoms with Crippen LogP contribution in [0.1, 0.15) is 63.6 Å². The van der Waals surface area contributed by atoms with Crippen molar-refractivity contribution in [3.63, 3.8) is 0 Å². The van der Waals surface area contributed by atoms with E-state index in [9.17, 15) is 0 Å². The van der Waals surface area contributed by atoms with Crippen molar-refractivity contribution < 1.29 is 0 Å². The van der Waals surface area contributed by atoms with E-state index < -0.39 is 0 Å². The van der Waals surface area contributed by atoms with Crippen LogP contribution in [-0.2, 0) is 13.1 Å². The molecule has 0 unspecified atom stereocenters. The number of nitrogens with one attached hydrogen (secondary N) is 1. The maximum atomic E-state index is 4.58. The number of hydrogen-bond acceptors (Lipinski definition) is 2. The average molecular weight is 251 g/mol. The van der Waals surface area contributed by atoms with E-state index in [1.807, 2.05) is 0 Å². The summed E-state index contributed by atoms with van der Waals surface area (Å²) in [5.74, 6) is 0. The Morgan fingerprint density at radius 2 is 1.89 bits per heavy atom. The van der Waals surface area contributed by atoms with Gasteiger partial charge < -0.3 is 5.32 Å². The van der Waals surface area contributed by atoms with Crippen molar-refractivity contribution in [2.24, 2.45) is 0 Å². The molecular weight excluding hydrogens is 222 g/mol. The lowest BCUT2D eigenvalue weighted by Gasteiger charge is -2.01.